The van der Waals surface area contributed by atoms with Crippen molar-refractivity contribution in [1.82, 2.24) is 0 Å². The number of hydrogen-bond donors (Lipinski definition) is 1. The molecule has 0 aromatic carbocycles. The molecule has 0 aromatic rings. The van der Waals surface area contributed by atoms with Crippen molar-refractivity contribution in [3.63, 3.8) is 0 Å². The topological polar surface area (TPSA) is 29.5 Å². The molecule has 1 aliphatic heterocycles. The maximum absolute atomic E-state index is 8.65. The lowest BCUT2D eigenvalue weighted by Crippen LogP contribution is -2.13. The van der Waals surface area contributed by atoms with Gasteiger partial charge in [0, 0.05) is 0 Å². The van der Waals surface area contributed by atoms with Crippen LogP contribution < -0.4 is 0 Å². The molecule has 0 saturated carbocycles. The summed E-state index contributed by atoms with van der Waals surface area (Å²) < 4.78 is 5.41. The molecule has 0 amide bonds. The maximum Gasteiger partial charge on any atom is 0.0810 e. The lowest BCUT2D eigenvalue weighted by atomic mass is 10.2. The predicted octanol–water partition coefficient (Wildman–Crippen LogP) is 0.936. The molecule has 1 fully saturated rings. The van der Waals surface area contributed by atoms with E-state index < -0.39 is 0 Å². The van der Waals surface area contributed by atoms with Crippen LogP contribution in [0.1, 0.15) is 26.2 Å². The largest absolute Gasteiger partial charge is 0.394 e. The lowest BCUT2D eigenvalue weighted by Gasteiger charge is -2.08. The van der Waals surface area contributed by atoms with Gasteiger partial charge < -0.3 is 9.84 Å². The molecule has 0 aliphatic carbocycles. The highest BCUT2D eigenvalue weighted by atomic mass is 16.5. The summed E-state index contributed by atoms with van der Waals surface area (Å²) in [7, 11) is 0. The van der Waals surface area contributed by atoms with Crippen LogP contribution in [0.2, 0.25) is 0 Å². The third-order valence-corrected chi connectivity index (χ3v) is 1.85. The summed E-state index contributed by atoms with van der Waals surface area (Å²) >= 11 is 0. The average molecular weight is 130 g/mol. The van der Waals surface area contributed by atoms with Crippen LogP contribution in [0, 0.1) is 0 Å². The fraction of sp³-hybridized carbons (Fsp3) is 1.00. The molecular weight excluding hydrogens is 116 g/mol. The second-order valence-corrected chi connectivity index (χ2v) is 2.55. The molecule has 0 spiro atoms. The van der Waals surface area contributed by atoms with Gasteiger partial charge in [-0.15, -0.1) is 0 Å². The quantitative estimate of drug-likeness (QED) is 0.602. The van der Waals surface area contributed by atoms with Crippen LogP contribution in [0.15, 0.2) is 0 Å². The first-order chi connectivity index (χ1) is 4.36. The van der Waals surface area contributed by atoms with E-state index in [1.54, 1.807) is 0 Å². The second kappa shape index (κ2) is 3.18. The zero-order chi connectivity index (χ0) is 6.69. The van der Waals surface area contributed by atoms with E-state index in [0.29, 0.717) is 6.10 Å². The van der Waals surface area contributed by atoms with E-state index in [9.17, 15) is 0 Å². The minimum atomic E-state index is 0.134. The Bertz CT molecular complexity index is 73.0. The third-order valence-electron chi connectivity index (χ3n) is 1.85. The molecule has 2 heteroatoms. The highest BCUT2D eigenvalue weighted by Crippen LogP contribution is 2.20. The molecule has 1 saturated heterocycles. The van der Waals surface area contributed by atoms with E-state index in [0.717, 1.165) is 19.3 Å². The van der Waals surface area contributed by atoms with Gasteiger partial charge >= 0.3 is 0 Å². The van der Waals surface area contributed by atoms with Gasteiger partial charge in [-0.1, -0.05) is 6.92 Å². The molecule has 0 bridgehead atoms. The van der Waals surface area contributed by atoms with E-state index in [1.165, 1.54) is 0 Å². The lowest BCUT2D eigenvalue weighted by molar-refractivity contribution is 0.0106. The van der Waals surface area contributed by atoms with E-state index in [1.807, 2.05) is 0 Å². The smallest absolute Gasteiger partial charge is 0.0810 e. The minimum absolute atomic E-state index is 0.134. The van der Waals surface area contributed by atoms with Crippen molar-refractivity contribution in [1.29, 1.82) is 0 Å². The number of hydrogen-bond acceptors (Lipinski definition) is 2. The molecule has 0 aromatic heterocycles. The zero-order valence-corrected chi connectivity index (χ0v) is 5.84. The molecule has 1 heterocycles. The van der Waals surface area contributed by atoms with Gasteiger partial charge in [0.05, 0.1) is 18.8 Å². The summed E-state index contributed by atoms with van der Waals surface area (Å²) in [5.74, 6) is 0. The van der Waals surface area contributed by atoms with Crippen LogP contribution in [0.5, 0.6) is 0 Å². The van der Waals surface area contributed by atoms with Crippen LogP contribution in [0.25, 0.3) is 0 Å². The maximum atomic E-state index is 8.65. The van der Waals surface area contributed by atoms with Crippen molar-refractivity contribution in [2.24, 2.45) is 0 Å². The standard InChI is InChI=1S/C7H14O2/c1-2-6-3-4-7(5-8)9-6/h6-8H,2-5H2,1H3/t6-,7?/m1/s1. The van der Waals surface area contributed by atoms with Crippen LogP contribution >= 0.6 is 0 Å². The summed E-state index contributed by atoms with van der Waals surface area (Å²) in [6, 6.07) is 0. The Balaban J connectivity index is 2.20. The van der Waals surface area contributed by atoms with Crippen molar-refractivity contribution in [3.8, 4) is 0 Å². The van der Waals surface area contributed by atoms with Crippen molar-refractivity contribution >= 4 is 0 Å². The highest BCUT2D eigenvalue weighted by Gasteiger charge is 2.22. The Hall–Kier alpha value is -0.0800. The van der Waals surface area contributed by atoms with Crippen molar-refractivity contribution in [3.05, 3.63) is 0 Å². The molecular formula is C7H14O2. The average Bonchev–Trinajstić information content (AvgIpc) is 2.34. The van der Waals surface area contributed by atoms with Gasteiger partial charge in [-0.05, 0) is 19.3 Å². The summed E-state index contributed by atoms with van der Waals surface area (Å²) in [6.07, 6.45) is 3.80. The van der Waals surface area contributed by atoms with Gasteiger partial charge in [0.15, 0.2) is 0 Å². The minimum Gasteiger partial charge on any atom is -0.394 e. The predicted molar refractivity (Wildman–Crippen MR) is 35.3 cm³/mol. The van der Waals surface area contributed by atoms with Gasteiger partial charge in [0.25, 0.3) is 0 Å². The number of aliphatic hydroxyl groups excluding tert-OH is 1. The van der Waals surface area contributed by atoms with Gasteiger partial charge in [-0.2, -0.15) is 0 Å². The highest BCUT2D eigenvalue weighted by molar-refractivity contribution is 4.71. The fourth-order valence-electron chi connectivity index (χ4n) is 1.21. The van der Waals surface area contributed by atoms with Crippen molar-refractivity contribution in [2.45, 2.75) is 38.4 Å². The van der Waals surface area contributed by atoms with E-state index in [-0.39, 0.29) is 12.7 Å². The molecule has 1 N–H and O–H groups in total. The van der Waals surface area contributed by atoms with E-state index >= 15 is 0 Å². The van der Waals surface area contributed by atoms with Gasteiger partial charge in [-0.3, -0.25) is 0 Å². The van der Waals surface area contributed by atoms with Gasteiger partial charge in [0.2, 0.25) is 0 Å². The Labute approximate surface area is 55.8 Å². The van der Waals surface area contributed by atoms with Crippen LogP contribution in [0.4, 0.5) is 0 Å². The molecule has 54 valence electrons. The Morgan fingerprint density at radius 3 is 2.44 bits per heavy atom. The summed E-state index contributed by atoms with van der Waals surface area (Å²) in [4.78, 5) is 0. The van der Waals surface area contributed by atoms with Gasteiger partial charge in [0.1, 0.15) is 0 Å². The summed E-state index contributed by atoms with van der Waals surface area (Å²) in [5, 5.41) is 8.65. The van der Waals surface area contributed by atoms with Gasteiger partial charge in [-0.25, -0.2) is 0 Å². The third kappa shape index (κ3) is 1.66. The van der Waals surface area contributed by atoms with Crippen LogP contribution in [0.3, 0.4) is 0 Å². The van der Waals surface area contributed by atoms with Crippen LogP contribution in [-0.4, -0.2) is 23.9 Å². The molecule has 0 radical (unpaired) electrons. The Morgan fingerprint density at radius 1 is 1.44 bits per heavy atom. The molecule has 2 atom stereocenters. The summed E-state index contributed by atoms with van der Waals surface area (Å²) in [5.41, 5.74) is 0. The molecule has 2 nitrogen and oxygen atoms in total. The fourth-order valence-corrected chi connectivity index (χ4v) is 1.21. The number of rotatable bonds is 2. The molecule has 1 rings (SSSR count). The zero-order valence-electron chi connectivity index (χ0n) is 5.84. The van der Waals surface area contributed by atoms with Crippen molar-refractivity contribution in [2.75, 3.05) is 6.61 Å². The molecule has 1 unspecified atom stereocenters. The first-order valence-corrected chi connectivity index (χ1v) is 3.63. The van der Waals surface area contributed by atoms with E-state index in [2.05, 4.69) is 6.92 Å². The monoisotopic (exact) mass is 130 g/mol. The normalized spacial score (nSPS) is 35.3. The Morgan fingerprint density at radius 2 is 2.11 bits per heavy atom. The Kier molecular flexibility index (Phi) is 2.49. The first kappa shape index (κ1) is 7.03. The number of aliphatic hydroxyl groups is 1. The van der Waals surface area contributed by atoms with Crippen molar-refractivity contribution < 1.29 is 9.84 Å². The van der Waals surface area contributed by atoms with Crippen LogP contribution in [-0.2, 0) is 4.74 Å². The first-order valence-electron chi connectivity index (χ1n) is 3.63. The second-order valence-electron chi connectivity index (χ2n) is 2.55. The molecule has 9 heavy (non-hydrogen) atoms. The SMILES string of the molecule is CC[C@@H]1CCC(CO)O1. The number of ether oxygens (including phenoxy) is 1. The van der Waals surface area contributed by atoms with E-state index in [4.69, 9.17) is 9.84 Å². The summed E-state index contributed by atoms with van der Waals surface area (Å²) in [6.45, 7) is 2.31. The molecule has 1 aliphatic rings.